The number of anilines is 1. The highest BCUT2D eigenvalue weighted by molar-refractivity contribution is 7.89. The molecular weight excluding hydrogens is 398 g/mol. The number of aryl methyl sites for hydroxylation is 1. The fraction of sp³-hybridized carbons (Fsp3) is 0.350. The number of halogens is 1. The smallest absolute Gasteiger partial charge is 0.241 e. The Labute approximate surface area is 173 Å². The Morgan fingerprint density at radius 3 is 2.29 bits per heavy atom. The maximum absolute atomic E-state index is 12.6. The summed E-state index contributed by atoms with van der Waals surface area (Å²) < 4.78 is 27.9. The number of rotatable bonds is 6. The van der Waals surface area contributed by atoms with E-state index in [1.54, 1.807) is 39.8 Å². The molecule has 4 N–H and O–H groups in total. The van der Waals surface area contributed by atoms with E-state index in [4.69, 9.17) is 5.73 Å². The predicted molar refractivity (Wildman–Crippen MR) is 115 cm³/mol. The summed E-state index contributed by atoms with van der Waals surface area (Å²) in [7, 11) is -3.71. The summed E-state index contributed by atoms with van der Waals surface area (Å²) in [6.45, 7) is 7.03. The second kappa shape index (κ2) is 9.52. The second-order valence-electron chi connectivity index (χ2n) is 7.62. The Morgan fingerprint density at radius 1 is 1.11 bits per heavy atom. The number of hydrogen-bond donors (Lipinski definition) is 3. The van der Waals surface area contributed by atoms with Crippen LogP contribution in [-0.4, -0.2) is 25.9 Å². The largest absolute Gasteiger partial charge is 0.325 e. The van der Waals surface area contributed by atoms with Gasteiger partial charge in [-0.25, -0.2) is 13.1 Å². The van der Waals surface area contributed by atoms with Gasteiger partial charge in [-0.2, -0.15) is 0 Å². The predicted octanol–water partition coefficient (Wildman–Crippen LogP) is 3.00. The fourth-order valence-corrected chi connectivity index (χ4v) is 4.31. The van der Waals surface area contributed by atoms with Crippen molar-refractivity contribution in [1.82, 2.24) is 4.72 Å². The molecule has 0 aliphatic heterocycles. The third kappa shape index (κ3) is 6.91. The highest BCUT2D eigenvalue weighted by Gasteiger charge is 2.24. The Morgan fingerprint density at radius 2 is 1.71 bits per heavy atom. The number of amides is 1. The van der Waals surface area contributed by atoms with Gasteiger partial charge < -0.3 is 11.1 Å². The zero-order valence-electron chi connectivity index (χ0n) is 16.5. The first kappa shape index (κ1) is 24.1. The van der Waals surface area contributed by atoms with Crippen molar-refractivity contribution in [2.75, 3.05) is 5.32 Å². The maximum atomic E-state index is 12.6. The first-order valence-electron chi connectivity index (χ1n) is 8.73. The van der Waals surface area contributed by atoms with Crippen LogP contribution in [0.4, 0.5) is 5.69 Å². The summed E-state index contributed by atoms with van der Waals surface area (Å²) in [6.07, 6.45) is 0.398. The van der Waals surface area contributed by atoms with Crippen LogP contribution < -0.4 is 15.8 Å². The quantitative estimate of drug-likeness (QED) is 0.662. The number of carbonyl (C=O) groups is 1. The molecule has 154 valence electrons. The summed E-state index contributed by atoms with van der Waals surface area (Å²) in [5, 5.41) is 2.71. The highest BCUT2D eigenvalue weighted by atomic mass is 35.5. The van der Waals surface area contributed by atoms with Gasteiger partial charge in [-0.1, -0.05) is 36.4 Å². The minimum atomic E-state index is -3.71. The van der Waals surface area contributed by atoms with Crippen molar-refractivity contribution in [1.29, 1.82) is 0 Å². The maximum Gasteiger partial charge on any atom is 0.241 e. The minimum absolute atomic E-state index is 0. The van der Waals surface area contributed by atoms with Crippen LogP contribution in [0.2, 0.25) is 0 Å². The first-order valence-corrected chi connectivity index (χ1v) is 10.2. The number of nitrogens with one attached hydrogen (secondary N) is 2. The summed E-state index contributed by atoms with van der Waals surface area (Å²) in [5.41, 5.74) is 7.33. The molecule has 0 aliphatic rings. The van der Waals surface area contributed by atoms with Crippen LogP contribution in [0.1, 0.15) is 31.9 Å². The molecule has 6 nitrogen and oxygen atoms in total. The van der Waals surface area contributed by atoms with Crippen molar-refractivity contribution in [3.63, 3.8) is 0 Å². The van der Waals surface area contributed by atoms with Gasteiger partial charge in [0.05, 0.1) is 10.9 Å². The lowest BCUT2D eigenvalue weighted by Gasteiger charge is -2.21. The molecule has 1 amide bonds. The van der Waals surface area contributed by atoms with Crippen LogP contribution in [-0.2, 0) is 21.2 Å². The number of nitrogens with two attached hydrogens (primary N) is 1. The summed E-state index contributed by atoms with van der Waals surface area (Å²) in [5.74, 6) is -0.366. The van der Waals surface area contributed by atoms with Gasteiger partial charge in [0.15, 0.2) is 0 Å². The molecule has 1 atom stereocenters. The molecule has 0 spiro atoms. The average Bonchev–Trinajstić information content (AvgIpc) is 2.55. The monoisotopic (exact) mass is 425 g/mol. The Hall–Kier alpha value is -1.93. The van der Waals surface area contributed by atoms with E-state index in [0.717, 1.165) is 5.56 Å². The van der Waals surface area contributed by atoms with E-state index in [2.05, 4.69) is 10.0 Å². The van der Waals surface area contributed by atoms with Crippen molar-refractivity contribution in [3.8, 4) is 0 Å². The van der Waals surface area contributed by atoms with Gasteiger partial charge in [0, 0.05) is 11.2 Å². The van der Waals surface area contributed by atoms with Crippen LogP contribution in [0, 0.1) is 6.92 Å². The molecule has 0 aliphatic carbocycles. The summed E-state index contributed by atoms with van der Waals surface area (Å²) in [6, 6.07) is 13.5. The first-order chi connectivity index (χ1) is 12.5. The molecule has 2 aromatic carbocycles. The molecule has 2 aromatic rings. The lowest BCUT2D eigenvalue weighted by Crippen LogP contribution is -2.40. The van der Waals surface area contributed by atoms with Gasteiger partial charge in [0.1, 0.15) is 0 Å². The SMILES string of the molecule is Cc1ccc(NC(=O)[C@@H](N)Cc2ccccc2)cc1S(=O)(=O)NC(C)(C)C.Cl. The average molecular weight is 426 g/mol. The molecule has 2 rings (SSSR count). The summed E-state index contributed by atoms with van der Waals surface area (Å²) >= 11 is 0. The van der Waals surface area contributed by atoms with Crippen LogP contribution in [0.25, 0.3) is 0 Å². The third-order valence-electron chi connectivity index (χ3n) is 3.82. The topological polar surface area (TPSA) is 101 Å². The molecule has 0 saturated heterocycles. The molecule has 0 unspecified atom stereocenters. The molecule has 8 heteroatoms. The molecule has 0 saturated carbocycles. The van der Waals surface area contributed by atoms with Crippen molar-refractivity contribution in [3.05, 3.63) is 59.7 Å². The van der Waals surface area contributed by atoms with Crippen LogP contribution in [0.15, 0.2) is 53.4 Å². The van der Waals surface area contributed by atoms with Crippen molar-refractivity contribution in [2.24, 2.45) is 5.73 Å². The third-order valence-corrected chi connectivity index (χ3v) is 5.72. The fourth-order valence-electron chi connectivity index (χ4n) is 2.62. The molecule has 0 fully saturated rings. The standard InChI is InChI=1S/C20H27N3O3S.ClH/c1-14-10-11-16(13-18(14)27(25,26)23-20(2,3)4)22-19(24)17(21)12-15-8-6-5-7-9-15;/h5-11,13,17,23H,12,21H2,1-4H3,(H,22,24);1H/t17-;/m0./s1. The van der Waals surface area contributed by atoms with Gasteiger partial charge in [-0.3, -0.25) is 4.79 Å². The lowest BCUT2D eigenvalue weighted by molar-refractivity contribution is -0.117. The number of sulfonamides is 1. The molecule has 0 bridgehead atoms. The lowest BCUT2D eigenvalue weighted by atomic mass is 10.1. The Balaban J connectivity index is 0.00000392. The van der Waals surface area contributed by atoms with Crippen LogP contribution in [0.3, 0.4) is 0 Å². The van der Waals surface area contributed by atoms with Gasteiger partial charge in [-0.05, 0) is 57.4 Å². The van der Waals surface area contributed by atoms with E-state index >= 15 is 0 Å². The van der Waals surface area contributed by atoms with Crippen molar-refractivity contribution < 1.29 is 13.2 Å². The van der Waals surface area contributed by atoms with Gasteiger partial charge in [-0.15, -0.1) is 12.4 Å². The number of benzene rings is 2. The van der Waals surface area contributed by atoms with E-state index in [1.165, 1.54) is 6.07 Å². The van der Waals surface area contributed by atoms with E-state index in [0.29, 0.717) is 17.7 Å². The molecule has 0 heterocycles. The van der Waals surface area contributed by atoms with Crippen molar-refractivity contribution >= 4 is 34.0 Å². The summed E-state index contributed by atoms with van der Waals surface area (Å²) in [4.78, 5) is 12.5. The molecule has 0 radical (unpaired) electrons. The van der Waals surface area contributed by atoms with E-state index < -0.39 is 21.6 Å². The van der Waals surface area contributed by atoms with E-state index in [-0.39, 0.29) is 23.2 Å². The normalized spacial score (nSPS) is 12.8. The number of carbonyl (C=O) groups excluding carboxylic acids is 1. The van der Waals surface area contributed by atoms with E-state index in [1.807, 2.05) is 30.3 Å². The van der Waals surface area contributed by atoms with Gasteiger partial charge in [0.25, 0.3) is 0 Å². The van der Waals surface area contributed by atoms with Gasteiger partial charge >= 0.3 is 0 Å². The number of hydrogen-bond acceptors (Lipinski definition) is 4. The zero-order chi connectivity index (χ0) is 20.2. The van der Waals surface area contributed by atoms with Crippen LogP contribution in [0.5, 0.6) is 0 Å². The van der Waals surface area contributed by atoms with E-state index in [9.17, 15) is 13.2 Å². The van der Waals surface area contributed by atoms with Crippen LogP contribution >= 0.6 is 12.4 Å². The van der Waals surface area contributed by atoms with Crippen molar-refractivity contribution in [2.45, 2.75) is 50.6 Å². The highest BCUT2D eigenvalue weighted by Crippen LogP contribution is 2.22. The minimum Gasteiger partial charge on any atom is -0.325 e. The molecule has 0 aromatic heterocycles. The Kier molecular flexibility index (Phi) is 8.19. The molecule has 28 heavy (non-hydrogen) atoms. The zero-order valence-corrected chi connectivity index (χ0v) is 18.2. The second-order valence-corrected chi connectivity index (χ2v) is 9.27. The molecular formula is C20H28ClN3O3S. The van der Waals surface area contributed by atoms with Gasteiger partial charge in [0.2, 0.25) is 15.9 Å². The Bertz CT molecular complexity index is 910.